The Kier molecular flexibility index (Phi) is 4.86. The number of halogens is 1. The third-order valence-electron chi connectivity index (χ3n) is 5.56. The molecule has 0 spiro atoms. The number of pyridine rings is 1. The van der Waals surface area contributed by atoms with E-state index in [1.54, 1.807) is 12.3 Å². The number of benzene rings is 1. The van der Waals surface area contributed by atoms with Crippen molar-refractivity contribution in [3.8, 4) is 11.3 Å². The molecule has 1 aliphatic heterocycles. The summed E-state index contributed by atoms with van der Waals surface area (Å²) in [4.78, 5) is 18.0. The van der Waals surface area contributed by atoms with Gasteiger partial charge in [0.25, 0.3) is 0 Å². The molecule has 4 aromatic rings. The van der Waals surface area contributed by atoms with E-state index in [1.807, 2.05) is 23.6 Å². The van der Waals surface area contributed by atoms with Crippen molar-refractivity contribution in [3.63, 3.8) is 0 Å². The number of aryl methyl sites for hydroxylation is 1. The third kappa shape index (κ3) is 3.63. The maximum Gasteiger partial charge on any atom is 0.228 e. The summed E-state index contributed by atoms with van der Waals surface area (Å²) >= 11 is 0. The minimum atomic E-state index is -0.354. The van der Waals surface area contributed by atoms with Crippen molar-refractivity contribution in [2.75, 3.05) is 11.9 Å². The predicted octanol–water partition coefficient (Wildman–Crippen LogP) is 4.31. The molecular weight excluding hydrogens is 393 g/mol. The molecule has 3 aromatic heterocycles. The largest absolute Gasteiger partial charge is 0.326 e. The van der Waals surface area contributed by atoms with Crippen LogP contribution in [0.2, 0.25) is 0 Å². The highest BCUT2D eigenvalue weighted by Gasteiger charge is 2.16. The summed E-state index contributed by atoms with van der Waals surface area (Å²) in [5, 5.41) is 6.53. The number of hydrogen-bond acceptors (Lipinski definition) is 6. The fraction of sp³-hybridized carbons (Fsp3) is 0.304. The van der Waals surface area contributed by atoms with E-state index in [4.69, 9.17) is 4.98 Å². The average Bonchev–Trinajstić information content (AvgIpc) is 3.10. The molecule has 31 heavy (non-hydrogen) atoms. The molecule has 0 atom stereocenters. The molecule has 0 saturated carbocycles. The lowest BCUT2D eigenvalue weighted by Crippen LogP contribution is -2.24. The van der Waals surface area contributed by atoms with Gasteiger partial charge in [-0.1, -0.05) is 6.07 Å². The molecule has 8 heteroatoms. The van der Waals surface area contributed by atoms with Gasteiger partial charge in [0, 0.05) is 43.0 Å². The zero-order valence-electron chi connectivity index (χ0n) is 17.8. The number of nitrogens with one attached hydrogen (secondary N) is 2. The Balaban J connectivity index is 1.50. The SMILES string of the molecule is Cc1nc2c(F)cc(-c3ccnc(Nc4ccc5c(n4)CCNC5)n3)cc2n1C(C)C. The average molecular weight is 417 g/mol. The monoisotopic (exact) mass is 417 g/mol. The first-order valence-corrected chi connectivity index (χ1v) is 10.5. The van der Waals surface area contributed by atoms with Crippen LogP contribution in [0.4, 0.5) is 16.2 Å². The second-order valence-corrected chi connectivity index (χ2v) is 8.07. The van der Waals surface area contributed by atoms with Gasteiger partial charge in [-0.2, -0.15) is 0 Å². The van der Waals surface area contributed by atoms with Crippen molar-refractivity contribution in [1.82, 2.24) is 29.8 Å². The molecule has 0 bridgehead atoms. The number of imidazole rings is 1. The van der Waals surface area contributed by atoms with Crippen molar-refractivity contribution in [1.29, 1.82) is 0 Å². The molecule has 0 aliphatic carbocycles. The van der Waals surface area contributed by atoms with Crippen LogP contribution in [0.15, 0.2) is 36.5 Å². The first-order chi connectivity index (χ1) is 15.0. The van der Waals surface area contributed by atoms with Crippen molar-refractivity contribution >= 4 is 22.8 Å². The van der Waals surface area contributed by atoms with Crippen LogP contribution in [0.1, 0.15) is 37.0 Å². The lowest BCUT2D eigenvalue weighted by atomic mass is 10.1. The van der Waals surface area contributed by atoms with Crippen LogP contribution in [-0.4, -0.2) is 31.0 Å². The molecule has 0 fully saturated rings. The summed E-state index contributed by atoms with van der Waals surface area (Å²) in [5.41, 5.74) is 4.77. The number of hydrogen-bond donors (Lipinski definition) is 2. The van der Waals surface area contributed by atoms with Crippen LogP contribution in [0, 0.1) is 12.7 Å². The van der Waals surface area contributed by atoms with Crippen LogP contribution < -0.4 is 10.6 Å². The number of rotatable bonds is 4. The lowest BCUT2D eigenvalue weighted by Gasteiger charge is -2.17. The highest BCUT2D eigenvalue weighted by Crippen LogP contribution is 2.29. The summed E-state index contributed by atoms with van der Waals surface area (Å²) in [6.45, 7) is 7.79. The van der Waals surface area contributed by atoms with Crippen LogP contribution in [0.25, 0.3) is 22.3 Å². The van der Waals surface area contributed by atoms with E-state index < -0.39 is 0 Å². The Labute approximate surface area is 179 Å². The summed E-state index contributed by atoms with van der Waals surface area (Å²) in [6.07, 6.45) is 2.56. The molecule has 1 aromatic carbocycles. The number of aromatic nitrogens is 5. The standard InChI is InChI=1S/C23H24FN7/c1-13(2)31-14(3)27-22-17(24)10-16(11-20(22)31)19-7-9-26-23(29-19)30-21-5-4-15-12-25-8-6-18(15)28-21/h4-5,7,9-11,13,25H,6,8,12H2,1-3H3,(H,26,28,29,30). The molecule has 7 nitrogen and oxygen atoms in total. The highest BCUT2D eigenvalue weighted by molar-refractivity contribution is 5.83. The molecule has 158 valence electrons. The van der Waals surface area contributed by atoms with E-state index in [2.05, 4.69) is 45.5 Å². The molecule has 0 amide bonds. The Morgan fingerprint density at radius 1 is 1.13 bits per heavy atom. The summed E-state index contributed by atoms with van der Waals surface area (Å²) < 4.78 is 16.9. The first kappa shape index (κ1) is 19.6. The molecule has 2 N–H and O–H groups in total. The van der Waals surface area contributed by atoms with Gasteiger partial charge in [0.05, 0.1) is 11.2 Å². The molecule has 0 unspecified atom stereocenters. The van der Waals surface area contributed by atoms with E-state index in [0.717, 1.165) is 36.5 Å². The quantitative estimate of drug-likeness (QED) is 0.515. The minimum Gasteiger partial charge on any atom is -0.326 e. The van der Waals surface area contributed by atoms with Crippen LogP contribution in [-0.2, 0) is 13.0 Å². The van der Waals surface area contributed by atoms with Crippen molar-refractivity contribution in [3.05, 3.63) is 59.4 Å². The van der Waals surface area contributed by atoms with Crippen molar-refractivity contribution < 1.29 is 4.39 Å². The van der Waals surface area contributed by atoms with E-state index in [9.17, 15) is 4.39 Å². The molecule has 0 saturated heterocycles. The van der Waals surface area contributed by atoms with Crippen molar-refractivity contribution in [2.24, 2.45) is 0 Å². The van der Waals surface area contributed by atoms with Gasteiger partial charge in [-0.25, -0.2) is 24.3 Å². The second-order valence-electron chi connectivity index (χ2n) is 8.07. The molecule has 4 heterocycles. The van der Waals surface area contributed by atoms with Crippen molar-refractivity contribution in [2.45, 2.75) is 39.8 Å². The minimum absolute atomic E-state index is 0.174. The molecule has 5 rings (SSSR count). The van der Waals surface area contributed by atoms with Crippen LogP contribution in [0.3, 0.4) is 0 Å². The second kappa shape index (κ2) is 7.70. The Bertz CT molecular complexity index is 1280. The van der Waals surface area contributed by atoms with Gasteiger partial charge >= 0.3 is 0 Å². The zero-order chi connectivity index (χ0) is 21.5. The Morgan fingerprint density at radius 3 is 2.84 bits per heavy atom. The topological polar surface area (TPSA) is 80.6 Å². The maximum atomic E-state index is 14.8. The first-order valence-electron chi connectivity index (χ1n) is 10.5. The number of nitrogens with zero attached hydrogens (tertiary/aromatic N) is 5. The van der Waals surface area contributed by atoms with Gasteiger partial charge in [0.15, 0.2) is 5.82 Å². The summed E-state index contributed by atoms with van der Waals surface area (Å²) in [5.74, 6) is 1.56. The summed E-state index contributed by atoms with van der Waals surface area (Å²) in [6, 6.07) is 9.37. The van der Waals surface area contributed by atoms with E-state index in [-0.39, 0.29) is 11.9 Å². The fourth-order valence-corrected chi connectivity index (χ4v) is 4.17. The van der Waals surface area contributed by atoms with Gasteiger partial charge in [-0.15, -0.1) is 0 Å². The van der Waals surface area contributed by atoms with Crippen LogP contribution in [0.5, 0.6) is 0 Å². The lowest BCUT2D eigenvalue weighted by molar-refractivity contribution is 0.600. The van der Waals surface area contributed by atoms with Gasteiger partial charge in [0.1, 0.15) is 17.2 Å². The zero-order valence-corrected chi connectivity index (χ0v) is 17.8. The number of fused-ring (bicyclic) bond motifs is 2. The highest BCUT2D eigenvalue weighted by atomic mass is 19.1. The van der Waals surface area contributed by atoms with Gasteiger partial charge in [-0.05, 0) is 50.6 Å². The van der Waals surface area contributed by atoms with Gasteiger partial charge < -0.3 is 15.2 Å². The van der Waals surface area contributed by atoms with Gasteiger partial charge in [0.2, 0.25) is 5.95 Å². The summed E-state index contributed by atoms with van der Waals surface area (Å²) in [7, 11) is 0. The Morgan fingerprint density at radius 2 is 2.00 bits per heavy atom. The van der Waals surface area contributed by atoms with E-state index in [0.29, 0.717) is 28.5 Å². The van der Waals surface area contributed by atoms with Crippen LogP contribution >= 0.6 is 0 Å². The predicted molar refractivity (Wildman–Crippen MR) is 119 cm³/mol. The van der Waals surface area contributed by atoms with Gasteiger partial charge in [-0.3, -0.25) is 0 Å². The normalized spacial score (nSPS) is 13.6. The maximum absolute atomic E-state index is 14.8. The molecule has 1 aliphatic rings. The smallest absolute Gasteiger partial charge is 0.228 e. The number of anilines is 2. The Hall–Kier alpha value is -3.39. The van der Waals surface area contributed by atoms with E-state index in [1.165, 1.54) is 11.6 Å². The van der Waals surface area contributed by atoms with E-state index >= 15 is 0 Å². The molecular formula is C23H24FN7. The third-order valence-corrected chi connectivity index (χ3v) is 5.56. The fourth-order valence-electron chi connectivity index (χ4n) is 4.17. The molecule has 0 radical (unpaired) electrons.